The molecule has 1 fully saturated rings. The molecule has 1 aliphatic rings. The van der Waals surface area contributed by atoms with Crippen LogP contribution in [0.5, 0.6) is 0 Å². The van der Waals surface area contributed by atoms with Crippen LogP contribution in [-0.4, -0.2) is 12.9 Å². The average molecular weight is 168 g/mol. The monoisotopic (exact) mass is 168 g/mol. The molecule has 1 heterocycles. The van der Waals surface area contributed by atoms with Crippen molar-refractivity contribution in [3.63, 3.8) is 0 Å². The first-order valence-corrected chi connectivity index (χ1v) is 4.33. The third kappa shape index (κ3) is 2.70. The van der Waals surface area contributed by atoms with Crippen LogP contribution in [-0.2, 0) is 9.47 Å². The second-order valence-corrected chi connectivity index (χ2v) is 3.12. The van der Waals surface area contributed by atoms with Gasteiger partial charge < -0.3 is 9.47 Å². The Balaban J connectivity index is 2.29. The van der Waals surface area contributed by atoms with Crippen LogP contribution in [0.3, 0.4) is 0 Å². The van der Waals surface area contributed by atoms with Crippen molar-refractivity contribution >= 4 is 0 Å². The number of hydrogen-bond donors (Lipinski definition) is 0. The van der Waals surface area contributed by atoms with Crippen LogP contribution < -0.4 is 0 Å². The van der Waals surface area contributed by atoms with Crippen LogP contribution in [0.25, 0.3) is 0 Å². The van der Waals surface area contributed by atoms with E-state index in [4.69, 9.17) is 9.47 Å². The van der Waals surface area contributed by atoms with Crippen LogP contribution in [0.15, 0.2) is 24.5 Å². The molecule has 1 saturated heterocycles. The van der Waals surface area contributed by atoms with Gasteiger partial charge in [-0.3, -0.25) is 0 Å². The molecule has 2 heteroatoms. The van der Waals surface area contributed by atoms with E-state index in [0.29, 0.717) is 5.76 Å². The predicted molar refractivity (Wildman–Crippen MR) is 48.6 cm³/mol. The summed E-state index contributed by atoms with van der Waals surface area (Å²) in [5, 5.41) is 0. The van der Waals surface area contributed by atoms with E-state index in [1.165, 1.54) is 6.42 Å². The zero-order valence-corrected chi connectivity index (χ0v) is 7.64. The molecule has 0 aromatic carbocycles. The highest BCUT2D eigenvalue weighted by Crippen LogP contribution is 2.18. The third-order valence-corrected chi connectivity index (χ3v) is 1.89. The zero-order chi connectivity index (χ0) is 8.97. The quantitative estimate of drug-likeness (QED) is 0.476. The minimum Gasteiger partial charge on any atom is -0.465 e. The van der Waals surface area contributed by atoms with E-state index < -0.39 is 0 Å². The van der Waals surface area contributed by atoms with Gasteiger partial charge in [0.25, 0.3) is 0 Å². The molecule has 0 aromatic heterocycles. The Kier molecular flexibility index (Phi) is 3.35. The smallest absolute Gasteiger partial charge is 0.199 e. The van der Waals surface area contributed by atoms with Crippen molar-refractivity contribution in [2.45, 2.75) is 32.5 Å². The predicted octanol–water partition coefficient (Wildman–Crippen LogP) is 2.62. The molecule has 0 bridgehead atoms. The van der Waals surface area contributed by atoms with Gasteiger partial charge in [-0.25, -0.2) is 0 Å². The lowest BCUT2D eigenvalue weighted by atomic mass is 10.2. The van der Waals surface area contributed by atoms with Crippen molar-refractivity contribution in [2.75, 3.05) is 6.61 Å². The highest BCUT2D eigenvalue weighted by molar-refractivity contribution is 5.15. The molecule has 0 radical (unpaired) electrons. The third-order valence-electron chi connectivity index (χ3n) is 1.89. The van der Waals surface area contributed by atoms with Gasteiger partial charge in [0.05, 0.1) is 6.61 Å². The Morgan fingerprint density at radius 1 is 1.42 bits per heavy atom. The van der Waals surface area contributed by atoms with Gasteiger partial charge in [0.15, 0.2) is 6.29 Å². The summed E-state index contributed by atoms with van der Waals surface area (Å²) in [6.07, 6.45) is 3.18. The fraction of sp³-hybridized carbons (Fsp3) is 0.600. The summed E-state index contributed by atoms with van der Waals surface area (Å²) in [4.78, 5) is 0. The SMILES string of the molecule is C=C(C)C(=C)OC1CCCCO1. The Hall–Kier alpha value is -0.760. The van der Waals surface area contributed by atoms with Gasteiger partial charge in [0.1, 0.15) is 5.76 Å². The topological polar surface area (TPSA) is 18.5 Å². The first kappa shape index (κ1) is 9.33. The Labute approximate surface area is 73.9 Å². The lowest BCUT2D eigenvalue weighted by molar-refractivity contribution is -0.136. The van der Waals surface area contributed by atoms with Crippen molar-refractivity contribution in [1.82, 2.24) is 0 Å². The van der Waals surface area contributed by atoms with E-state index in [1.54, 1.807) is 0 Å². The van der Waals surface area contributed by atoms with Gasteiger partial charge in [0.2, 0.25) is 0 Å². The zero-order valence-electron chi connectivity index (χ0n) is 7.64. The molecule has 0 spiro atoms. The normalized spacial score (nSPS) is 23.2. The van der Waals surface area contributed by atoms with Crippen molar-refractivity contribution in [3.8, 4) is 0 Å². The molecule has 12 heavy (non-hydrogen) atoms. The van der Waals surface area contributed by atoms with Gasteiger partial charge in [-0.05, 0) is 25.3 Å². The summed E-state index contributed by atoms with van der Waals surface area (Å²) in [5.74, 6) is 0.641. The molecule has 0 saturated carbocycles. The minimum absolute atomic E-state index is 0.0945. The van der Waals surface area contributed by atoms with E-state index in [1.807, 2.05) is 6.92 Å². The van der Waals surface area contributed by atoms with E-state index in [9.17, 15) is 0 Å². The van der Waals surface area contributed by atoms with Crippen LogP contribution in [0.2, 0.25) is 0 Å². The summed E-state index contributed by atoms with van der Waals surface area (Å²) in [6.45, 7) is 10.2. The lowest BCUT2D eigenvalue weighted by Gasteiger charge is -2.24. The van der Waals surface area contributed by atoms with Crippen molar-refractivity contribution in [3.05, 3.63) is 24.5 Å². The molecule has 0 aliphatic carbocycles. The molecule has 0 aromatic rings. The maximum Gasteiger partial charge on any atom is 0.199 e. The lowest BCUT2D eigenvalue weighted by Crippen LogP contribution is -2.21. The highest BCUT2D eigenvalue weighted by atomic mass is 16.7. The van der Waals surface area contributed by atoms with Gasteiger partial charge >= 0.3 is 0 Å². The Bertz CT molecular complexity index is 178. The van der Waals surface area contributed by atoms with Crippen LogP contribution >= 0.6 is 0 Å². The summed E-state index contributed by atoms with van der Waals surface area (Å²) >= 11 is 0. The van der Waals surface area contributed by atoms with Crippen LogP contribution in [0, 0.1) is 0 Å². The van der Waals surface area contributed by atoms with Gasteiger partial charge in [0, 0.05) is 6.42 Å². The second kappa shape index (κ2) is 4.31. The first-order chi connectivity index (χ1) is 5.70. The van der Waals surface area contributed by atoms with Crippen molar-refractivity contribution < 1.29 is 9.47 Å². The second-order valence-electron chi connectivity index (χ2n) is 3.12. The first-order valence-electron chi connectivity index (χ1n) is 4.33. The van der Waals surface area contributed by atoms with Gasteiger partial charge in [-0.1, -0.05) is 13.2 Å². The Morgan fingerprint density at radius 2 is 2.17 bits per heavy atom. The van der Waals surface area contributed by atoms with E-state index in [2.05, 4.69) is 13.2 Å². The Morgan fingerprint density at radius 3 is 2.67 bits per heavy atom. The van der Waals surface area contributed by atoms with Gasteiger partial charge in [-0.15, -0.1) is 0 Å². The van der Waals surface area contributed by atoms with Crippen LogP contribution in [0.4, 0.5) is 0 Å². The summed E-state index contributed by atoms with van der Waals surface area (Å²) in [6, 6.07) is 0. The molecule has 1 aliphatic heterocycles. The van der Waals surface area contributed by atoms with Crippen LogP contribution in [0.1, 0.15) is 26.2 Å². The maximum absolute atomic E-state index is 5.44. The van der Waals surface area contributed by atoms with E-state index >= 15 is 0 Å². The maximum atomic E-state index is 5.44. The number of allylic oxidation sites excluding steroid dienone is 1. The fourth-order valence-corrected chi connectivity index (χ4v) is 1.06. The molecular formula is C10H16O2. The molecule has 1 atom stereocenters. The van der Waals surface area contributed by atoms with Gasteiger partial charge in [-0.2, -0.15) is 0 Å². The van der Waals surface area contributed by atoms with E-state index in [0.717, 1.165) is 25.0 Å². The summed E-state index contributed by atoms with van der Waals surface area (Å²) < 4.78 is 10.8. The van der Waals surface area contributed by atoms with Crippen molar-refractivity contribution in [2.24, 2.45) is 0 Å². The molecule has 0 amide bonds. The fourth-order valence-electron chi connectivity index (χ4n) is 1.06. The van der Waals surface area contributed by atoms with E-state index in [-0.39, 0.29) is 6.29 Å². The number of ether oxygens (including phenoxy) is 2. The molecule has 2 nitrogen and oxygen atoms in total. The molecule has 1 unspecified atom stereocenters. The molecule has 1 rings (SSSR count). The highest BCUT2D eigenvalue weighted by Gasteiger charge is 2.15. The summed E-state index contributed by atoms with van der Waals surface area (Å²) in [7, 11) is 0. The summed E-state index contributed by atoms with van der Waals surface area (Å²) in [5.41, 5.74) is 0.865. The van der Waals surface area contributed by atoms with Crippen molar-refractivity contribution in [1.29, 1.82) is 0 Å². The average Bonchev–Trinajstić information content (AvgIpc) is 2.06. The molecule has 0 N–H and O–H groups in total. The minimum atomic E-state index is -0.0945. The number of rotatable bonds is 3. The number of hydrogen-bond acceptors (Lipinski definition) is 2. The standard InChI is InChI=1S/C10H16O2/c1-8(2)9(3)12-10-6-4-5-7-11-10/h10H,1,3-7H2,2H3. The molecule has 68 valence electrons. The molecular weight excluding hydrogens is 152 g/mol. The largest absolute Gasteiger partial charge is 0.465 e.